The van der Waals surface area contributed by atoms with Crippen LogP contribution in [-0.2, 0) is 11.8 Å². The van der Waals surface area contributed by atoms with E-state index in [0.717, 1.165) is 34.4 Å². The van der Waals surface area contributed by atoms with Gasteiger partial charge in [0.1, 0.15) is 11.8 Å². The monoisotopic (exact) mass is 376 g/mol. The van der Waals surface area contributed by atoms with E-state index in [1.54, 1.807) is 17.9 Å². The van der Waals surface area contributed by atoms with E-state index in [2.05, 4.69) is 33.9 Å². The molecule has 1 aromatic heterocycles. The van der Waals surface area contributed by atoms with Crippen LogP contribution in [0, 0.1) is 0 Å². The van der Waals surface area contributed by atoms with E-state index in [9.17, 15) is 4.79 Å². The van der Waals surface area contributed by atoms with Crippen molar-refractivity contribution in [1.82, 2.24) is 20.4 Å². The van der Waals surface area contributed by atoms with Crippen LogP contribution in [0.5, 0.6) is 5.75 Å². The summed E-state index contributed by atoms with van der Waals surface area (Å²) in [6, 6.07) is 15.7. The maximum atomic E-state index is 13.0. The van der Waals surface area contributed by atoms with Gasteiger partial charge in [-0.2, -0.15) is 5.10 Å². The lowest BCUT2D eigenvalue weighted by atomic mass is 9.94. The lowest BCUT2D eigenvalue weighted by Gasteiger charge is -2.29. The third-order valence-electron chi connectivity index (χ3n) is 5.08. The first-order valence-corrected chi connectivity index (χ1v) is 9.44. The Labute approximate surface area is 164 Å². The number of hydrogen-bond acceptors (Lipinski definition) is 4. The van der Waals surface area contributed by atoms with Gasteiger partial charge in [-0.1, -0.05) is 48.5 Å². The number of carbonyl (C=O) groups excluding carboxylic acids is 1. The maximum absolute atomic E-state index is 13.0. The Balaban J connectivity index is 1.61. The average Bonchev–Trinajstić information content (AvgIpc) is 3.15. The molecule has 28 heavy (non-hydrogen) atoms. The number of likely N-dealkylation sites (N-methyl/N-ethyl adjacent to an activating group) is 1. The smallest absolute Gasteiger partial charge is 0.242 e. The summed E-state index contributed by atoms with van der Waals surface area (Å²) in [5, 5.41) is 10.5. The van der Waals surface area contributed by atoms with Crippen LogP contribution in [0.25, 0.3) is 11.1 Å². The lowest BCUT2D eigenvalue weighted by molar-refractivity contribution is -0.124. The Morgan fingerprint density at radius 2 is 2.04 bits per heavy atom. The van der Waals surface area contributed by atoms with Gasteiger partial charge < -0.3 is 15.4 Å². The van der Waals surface area contributed by atoms with Gasteiger partial charge in [-0.15, -0.1) is 0 Å². The fourth-order valence-electron chi connectivity index (χ4n) is 3.71. The molecule has 2 heterocycles. The molecule has 2 unspecified atom stereocenters. The number of nitrogens with one attached hydrogen (secondary N) is 2. The predicted molar refractivity (Wildman–Crippen MR) is 108 cm³/mol. The quantitative estimate of drug-likeness (QED) is 0.718. The molecule has 0 aliphatic carbocycles. The number of fused-ring (bicyclic) bond motifs is 1. The Morgan fingerprint density at radius 1 is 1.21 bits per heavy atom. The molecule has 144 valence electrons. The summed E-state index contributed by atoms with van der Waals surface area (Å²) in [7, 11) is 3.62. The predicted octanol–water partition coefficient (Wildman–Crippen LogP) is 2.99. The first-order valence-electron chi connectivity index (χ1n) is 9.44. The minimum Gasteiger partial charge on any atom is -0.492 e. The molecular formula is C22H24N4O2. The molecule has 0 radical (unpaired) electrons. The van der Waals surface area contributed by atoms with Crippen molar-refractivity contribution in [2.45, 2.75) is 18.5 Å². The third-order valence-corrected chi connectivity index (χ3v) is 5.08. The summed E-state index contributed by atoms with van der Waals surface area (Å²) in [5.74, 6) is 0.783. The molecular weight excluding hydrogens is 352 g/mol. The number of amides is 1. The van der Waals surface area contributed by atoms with Gasteiger partial charge in [0, 0.05) is 36.4 Å². The summed E-state index contributed by atoms with van der Waals surface area (Å²) in [6.45, 7) is 0.568. The van der Waals surface area contributed by atoms with E-state index in [1.165, 1.54) is 0 Å². The van der Waals surface area contributed by atoms with Gasteiger partial charge in [-0.05, 0) is 12.6 Å². The molecule has 0 bridgehead atoms. The standard InChI is InChI=1S/C22H24N4O2/c1-23-20(16-13-24-26(2)14-16)22(27)25-19-11-12-28-21-17(9-6-10-18(19)21)15-7-4-3-5-8-15/h3-10,13-14,19-20,23H,11-12H2,1-2H3,(H,25,27). The molecule has 2 atom stereocenters. The van der Waals surface area contributed by atoms with Gasteiger partial charge in [0.05, 0.1) is 18.8 Å². The van der Waals surface area contributed by atoms with Crippen molar-refractivity contribution in [3.63, 3.8) is 0 Å². The molecule has 3 aromatic rings. The normalized spacial score (nSPS) is 16.7. The minimum absolute atomic E-state index is 0.0709. The zero-order valence-corrected chi connectivity index (χ0v) is 16.1. The highest BCUT2D eigenvalue weighted by atomic mass is 16.5. The van der Waals surface area contributed by atoms with Gasteiger partial charge >= 0.3 is 0 Å². The number of carbonyl (C=O) groups is 1. The van der Waals surface area contributed by atoms with E-state index in [-0.39, 0.29) is 11.9 Å². The molecule has 0 spiro atoms. The molecule has 4 rings (SSSR count). The molecule has 1 aliphatic rings. The van der Waals surface area contributed by atoms with Crippen LogP contribution < -0.4 is 15.4 Å². The molecule has 0 saturated carbocycles. The fourth-order valence-corrected chi connectivity index (χ4v) is 3.71. The average molecular weight is 376 g/mol. The van der Waals surface area contributed by atoms with Crippen LogP contribution in [0.3, 0.4) is 0 Å². The number of para-hydroxylation sites is 1. The highest BCUT2D eigenvalue weighted by molar-refractivity contribution is 5.84. The lowest BCUT2D eigenvalue weighted by Crippen LogP contribution is -2.39. The molecule has 0 fully saturated rings. The van der Waals surface area contributed by atoms with Crippen molar-refractivity contribution in [2.24, 2.45) is 7.05 Å². The van der Waals surface area contributed by atoms with E-state index in [4.69, 9.17) is 4.74 Å². The van der Waals surface area contributed by atoms with Crippen molar-refractivity contribution in [3.05, 3.63) is 72.1 Å². The zero-order valence-electron chi connectivity index (χ0n) is 16.1. The summed E-state index contributed by atoms with van der Waals surface area (Å²) in [6.07, 6.45) is 4.30. The Morgan fingerprint density at radius 3 is 2.75 bits per heavy atom. The van der Waals surface area contributed by atoms with Crippen molar-refractivity contribution in [3.8, 4) is 16.9 Å². The highest BCUT2D eigenvalue weighted by Crippen LogP contribution is 2.40. The van der Waals surface area contributed by atoms with E-state index in [0.29, 0.717) is 6.61 Å². The molecule has 2 N–H and O–H groups in total. The Bertz CT molecular complexity index is 968. The van der Waals surface area contributed by atoms with Gasteiger partial charge in [0.15, 0.2) is 0 Å². The number of rotatable bonds is 5. The van der Waals surface area contributed by atoms with Gasteiger partial charge in [-0.25, -0.2) is 0 Å². The summed E-state index contributed by atoms with van der Waals surface area (Å²) in [4.78, 5) is 13.0. The Hall–Kier alpha value is -3.12. The van der Waals surface area contributed by atoms with Crippen LogP contribution in [0.1, 0.15) is 29.6 Å². The van der Waals surface area contributed by atoms with E-state index < -0.39 is 6.04 Å². The number of aromatic nitrogens is 2. The molecule has 1 amide bonds. The largest absolute Gasteiger partial charge is 0.492 e. The van der Waals surface area contributed by atoms with Crippen LogP contribution in [0.2, 0.25) is 0 Å². The number of benzene rings is 2. The minimum atomic E-state index is -0.447. The van der Waals surface area contributed by atoms with Gasteiger partial charge in [-0.3, -0.25) is 9.48 Å². The first-order chi connectivity index (χ1) is 13.7. The van der Waals surface area contributed by atoms with E-state index >= 15 is 0 Å². The van der Waals surface area contributed by atoms with Gasteiger partial charge in [0.25, 0.3) is 0 Å². The summed E-state index contributed by atoms with van der Waals surface area (Å²) in [5.41, 5.74) is 4.01. The molecule has 0 saturated heterocycles. The van der Waals surface area contributed by atoms with Crippen LogP contribution >= 0.6 is 0 Å². The van der Waals surface area contributed by atoms with E-state index in [1.807, 2.05) is 43.6 Å². The van der Waals surface area contributed by atoms with Gasteiger partial charge in [0.2, 0.25) is 5.91 Å². The first kappa shape index (κ1) is 18.3. The van der Waals surface area contributed by atoms with Crippen LogP contribution in [0.15, 0.2) is 60.9 Å². The highest BCUT2D eigenvalue weighted by Gasteiger charge is 2.28. The van der Waals surface area contributed by atoms with Crippen molar-refractivity contribution in [2.75, 3.05) is 13.7 Å². The summed E-state index contributed by atoms with van der Waals surface area (Å²) >= 11 is 0. The van der Waals surface area contributed by atoms with Crippen molar-refractivity contribution >= 4 is 5.91 Å². The third kappa shape index (κ3) is 3.51. The fraction of sp³-hybridized carbons (Fsp3) is 0.273. The topological polar surface area (TPSA) is 68.2 Å². The van der Waals surface area contributed by atoms with Crippen LogP contribution in [0.4, 0.5) is 0 Å². The second-order valence-electron chi connectivity index (χ2n) is 6.96. The van der Waals surface area contributed by atoms with Crippen molar-refractivity contribution < 1.29 is 9.53 Å². The SMILES string of the molecule is CNC(C(=O)NC1CCOc2c(-c3ccccc3)cccc21)c1cnn(C)c1. The Kier molecular flexibility index (Phi) is 5.12. The maximum Gasteiger partial charge on any atom is 0.242 e. The van der Waals surface area contributed by atoms with Crippen molar-refractivity contribution in [1.29, 1.82) is 0 Å². The summed E-state index contributed by atoms with van der Waals surface area (Å²) < 4.78 is 7.71. The molecule has 6 heteroatoms. The second-order valence-corrected chi connectivity index (χ2v) is 6.96. The van der Waals surface area contributed by atoms with Crippen LogP contribution in [-0.4, -0.2) is 29.3 Å². The molecule has 6 nitrogen and oxygen atoms in total. The number of ether oxygens (including phenoxy) is 1. The second kappa shape index (κ2) is 7.86. The number of hydrogen-bond donors (Lipinski definition) is 2. The number of nitrogens with zero attached hydrogens (tertiary/aromatic N) is 2. The zero-order chi connectivity index (χ0) is 19.5. The molecule has 2 aromatic carbocycles. The molecule has 1 aliphatic heterocycles. The number of aryl methyl sites for hydroxylation is 1.